The minimum absolute atomic E-state index is 0.413. The average molecular weight is 332 g/mol. The number of alkyl halides is 2. The van der Waals surface area contributed by atoms with E-state index in [9.17, 15) is 18.9 Å². The molecule has 2 rings (SSSR count). The molecule has 1 heterocycles. The Morgan fingerprint density at radius 3 is 2.70 bits per heavy atom. The van der Waals surface area contributed by atoms with Gasteiger partial charge in [-0.15, -0.1) is 0 Å². The van der Waals surface area contributed by atoms with E-state index in [1.54, 1.807) is 7.11 Å². The quantitative estimate of drug-likeness (QED) is 0.611. The third kappa shape index (κ3) is 4.49. The molecule has 1 aliphatic heterocycles. The standard InChI is InChI=1S/C14H18F2N2O5/c1-21-14(4-6-22-7-5-14)9-17-10-2-3-11(18(19)20)12(8-10)23-13(15)16/h2-3,8,13,17H,4-7,9H2,1H3. The summed E-state index contributed by atoms with van der Waals surface area (Å²) in [5.74, 6) is -0.478. The van der Waals surface area contributed by atoms with Crippen LogP contribution >= 0.6 is 0 Å². The first-order valence-corrected chi connectivity index (χ1v) is 7.06. The molecule has 0 unspecified atom stereocenters. The van der Waals surface area contributed by atoms with Gasteiger partial charge in [-0.05, 0) is 6.07 Å². The lowest BCUT2D eigenvalue weighted by atomic mass is 9.94. The van der Waals surface area contributed by atoms with Crippen LogP contribution in [0.25, 0.3) is 0 Å². The molecule has 1 N–H and O–H groups in total. The topological polar surface area (TPSA) is 82.9 Å². The zero-order valence-corrected chi connectivity index (χ0v) is 12.6. The van der Waals surface area contributed by atoms with E-state index in [0.29, 0.717) is 38.3 Å². The molecule has 0 bridgehead atoms. The number of ether oxygens (including phenoxy) is 3. The molecule has 0 aliphatic carbocycles. The SMILES string of the molecule is COC1(CNc2ccc([N+](=O)[O-])c(OC(F)F)c2)CCOCC1. The molecule has 1 aromatic rings. The highest BCUT2D eigenvalue weighted by Crippen LogP contribution is 2.32. The summed E-state index contributed by atoms with van der Waals surface area (Å²) in [5, 5.41) is 13.9. The zero-order valence-electron chi connectivity index (χ0n) is 12.6. The Morgan fingerprint density at radius 1 is 1.43 bits per heavy atom. The molecule has 23 heavy (non-hydrogen) atoms. The largest absolute Gasteiger partial charge is 0.427 e. The van der Waals surface area contributed by atoms with Crippen molar-refractivity contribution in [3.05, 3.63) is 28.3 Å². The summed E-state index contributed by atoms with van der Waals surface area (Å²) in [4.78, 5) is 10.1. The van der Waals surface area contributed by atoms with Crippen LogP contribution in [0.2, 0.25) is 0 Å². The van der Waals surface area contributed by atoms with Crippen molar-refractivity contribution in [2.75, 3.05) is 32.2 Å². The number of methoxy groups -OCH3 is 1. The van der Waals surface area contributed by atoms with E-state index in [-0.39, 0.29) is 0 Å². The van der Waals surface area contributed by atoms with Gasteiger partial charge in [0.05, 0.1) is 10.5 Å². The van der Waals surface area contributed by atoms with Crippen molar-refractivity contribution in [2.45, 2.75) is 25.1 Å². The van der Waals surface area contributed by atoms with Crippen LogP contribution in [0.3, 0.4) is 0 Å². The number of nitro groups is 1. The summed E-state index contributed by atoms with van der Waals surface area (Å²) in [5.41, 5.74) is -0.485. The van der Waals surface area contributed by atoms with Crippen LogP contribution in [-0.4, -0.2) is 44.0 Å². The van der Waals surface area contributed by atoms with Crippen molar-refractivity contribution >= 4 is 11.4 Å². The van der Waals surface area contributed by atoms with Crippen molar-refractivity contribution in [3.8, 4) is 5.75 Å². The van der Waals surface area contributed by atoms with Gasteiger partial charge in [0.25, 0.3) is 0 Å². The van der Waals surface area contributed by atoms with Crippen LogP contribution in [0.1, 0.15) is 12.8 Å². The van der Waals surface area contributed by atoms with Crippen molar-refractivity contribution in [3.63, 3.8) is 0 Å². The lowest BCUT2D eigenvalue weighted by Crippen LogP contribution is -2.44. The molecule has 9 heteroatoms. The van der Waals surface area contributed by atoms with Crippen LogP contribution in [0.15, 0.2) is 18.2 Å². The molecule has 0 radical (unpaired) electrons. The van der Waals surface area contributed by atoms with Crippen LogP contribution in [0.5, 0.6) is 5.75 Å². The first-order chi connectivity index (χ1) is 11.0. The molecular formula is C14H18F2N2O5. The number of hydrogen-bond acceptors (Lipinski definition) is 6. The molecule has 1 saturated heterocycles. The monoisotopic (exact) mass is 332 g/mol. The third-order valence-electron chi connectivity index (χ3n) is 3.82. The zero-order chi connectivity index (χ0) is 16.9. The summed E-state index contributed by atoms with van der Waals surface area (Å²) in [6, 6.07) is 3.76. The van der Waals surface area contributed by atoms with Gasteiger partial charge < -0.3 is 19.5 Å². The second-order valence-corrected chi connectivity index (χ2v) is 5.17. The highest BCUT2D eigenvalue weighted by atomic mass is 19.3. The number of anilines is 1. The first kappa shape index (κ1) is 17.4. The molecule has 0 atom stereocenters. The van der Waals surface area contributed by atoms with Crippen LogP contribution < -0.4 is 10.1 Å². The number of halogens is 2. The normalized spacial score (nSPS) is 17.0. The van der Waals surface area contributed by atoms with Gasteiger partial charge >= 0.3 is 12.3 Å². The van der Waals surface area contributed by atoms with Crippen LogP contribution in [0, 0.1) is 10.1 Å². The van der Waals surface area contributed by atoms with Crippen LogP contribution in [0.4, 0.5) is 20.2 Å². The average Bonchev–Trinajstić information content (AvgIpc) is 2.53. The summed E-state index contributed by atoms with van der Waals surface area (Å²) in [7, 11) is 1.61. The van der Waals surface area contributed by atoms with E-state index in [2.05, 4.69) is 10.1 Å². The maximum absolute atomic E-state index is 12.4. The Balaban J connectivity index is 2.11. The summed E-state index contributed by atoms with van der Waals surface area (Å²) >= 11 is 0. The second-order valence-electron chi connectivity index (χ2n) is 5.17. The molecular weight excluding hydrogens is 314 g/mol. The van der Waals surface area contributed by atoms with Gasteiger partial charge in [0.2, 0.25) is 5.75 Å². The minimum Gasteiger partial charge on any atom is -0.427 e. The number of hydrogen-bond donors (Lipinski definition) is 1. The third-order valence-corrected chi connectivity index (χ3v) is 3.82. The summed E-state index contributed by atoms with van der Waals surface area (Å²) < 4.78 is 39.9. The van der Waals surface area contributed by atoms with Crippen LogP contribution in [-0.2, 0) is 9.47 Å². The second kappa shape index (κ2) is 7.51. The van der Waals surface area contributed by atoms with E-state index in [1.165, 1.54) is 12.1 Å². The molecule has 0 saturated carbocycles. The molecule has 128 valence electrons. The van der Waals surface area contributed by atoms with E-state index < -0.39 is 28.6 Å². The Kier molecular flexibility index (Phi) is 5.67. The maximum Gasteiger partial charge on any atom is 0.387 e. The van der Waals surface area contributed by atoms with Gasteiger partial charge in [-0.1, -0.05) is 0 Å². The van der Waals surface area contributed by atoms with Gasteiger partial charge in [0.1, 0.15) is 0 Å². The summed E-state index contributed by atoms with van der Waals surface area (Å²) in [6.07, 6.45) is 1.40. The van der Waals surface area contributed by atoms with E-state index in [4.69, 9.17) is 9.47 Å². The van der Waals surface area contributed by atoms with Gasteiger partial charge in [0.15, 0.2) is 0 Å². The fourth-order valence-electron chi connectivity index (χ4n) is 2.42. The van der Waals surface area contributed by atoms with E-state index >= 15 is 0 Å². The van der Waals surface area contributed by atoms with Crippen molar-refractivity contribution in [2.24, 2.45) is 0 Å². The van der Waals surface area contributed by atoms with Crippen molar-refractivity contribution in [1.29, 1.82) is 0 Å². The molecule has 0 amide bonds. The van der Waals surface area contributed by atoms with Gasteiger partial charge in [-0.3, -0.25) is 10.1 Å². The lowest BCUT2D eigenvalue weighted by molar-refractivity contribution is -0.386. The molecule has 1 aromatic carbocycles. The number of nitrogens with one attached hydrogen (secondary N) is 1. The summed E-state index contributed by atoms with van der Waals surface area (Å²) in [6.45, 7) is -1.55. The number of benzene rings is 1. The van der Waals surface area contributed by atoms with E-state index in [0.717, 1.165) is 6.07 Å². The maximum atomic E-state index is 12.4. The minimum atomic E-state index is -3.13. The smallest absolute Gasteiger partial charge is 0.387 e. The Bertz CT molecular complexity index is 550. The molecule has 1 fully saturated rings. The predicted octanol–water partition coefficient (Wildman–Crippen LogP) is 2.80. The molecule has 7 nitrogen and oxygen atoms in total. The fourth-order valence-corrected chi connectivity index (χ4v) is 2.42. The number of nitro benzene ring substituents is 1. The van der Waals surface area contributed by atoms with Gasteiger partial charge in [-0.25, -0.2) is 0 Å². The Hall–Kier alpha value is -2.00. The molecule has 0 spiro atoms. The molecule has 0 aromatic heterocycles. The van der Waals surface area contributed by atoms with Crippen molar-refractivity contribution in [1.82, 2.24) is 0 Å². The lowest BCUT2D eigenvalue weighted by Gasteiger charge is -2.36. The first-order valence-electron chi connectivity index (χ1n) is 7.06. The van der Waals surface area contributed by atoms with Gasteiger partial charge in [-0.2, -0.15) is 8.78 Å². The highest BCUT2D eigenvalue weighted by Gasteiger charge is 2.32. The highest BCUT2D eigenvalue weighted by molar-refractivity contribution is 5.58. The number of rotatable bonds is 7. The Labute approximate surface area is 131 Å². The van der Waals surface area contributed by atoms with E-state index in [1.807, 2.05) is 0 Å². The predicted molar refractivity (Wildman–Crippen MR) is 78.0 cm³/mol. The Morgan fingerprint density at radius 2 is 2.13 bits per heavy atom. The van der Waals surface area contributed by atoms with Crippen molar-refractivity contribution < 1.29 is 27.9 Å². The fraction of sp³-hybridized carbons (Fsp3) is 0.571. The van der Waals surface area contributed by atoms with Gasteiger partial charge in [0, 0.05) is 57.5 Å². The number of nitrogens with zero attached hydrogens (tertiary/aromatic N) is 1. The molecule has 1 aliphatic rings.